The quantitative estimate of drug-likeness (QED) is 0.903. The summed E-state index contributed by atoms with van der Waals surface area (Å²) in [5, 5.41) is 11.4. The van der Waals surface area contributed by atoms with Crippen molar-refractivity contribution in [3.63, 3.8) is 0 Å². The van der Waals surface area contributed by atoms with Crippen LogP contribution in [0.4, 0.5) is 0 Å². The molecule has 0 saturated carbocycles. The molecule has 1 fully saturated rings. The Bertz CT molecular complexity index is 473. The van der Waals surface area contributed by atoms with Crippen LogP contribution >= 0.6 is 11.3 Å². The van der Waals surface area contributed by atoms with Gasteiger partial charge < -0.3 is 14.9 Å². The van der Waals surface area contributed by atoms with Crippen molar-refractivity contribution in [2.45, 2.75) is 19.4 Å². The largest absolute Gasteiger partial charge is 0.393 e. The second-order valence-corrected chi connectivity index (χ2v) is 6.22. The third kappa shape index (κ3) is 3.37. The second-order valence-electron chi connectivity index (χ2n) is 5.27. The van der Waals surface area contributed by atoms with Gasteiger partial charge in [-0.2, -0.15) is 0 Å². The highest BCUT2D eigenvalue weighted by Gasteiger charge is 2.30. The first-order valence-corrected chi connectivity index (χ1v) is 7.62. The molecule has 1 aliphatic rings. The summed E-state index contributed by atoms with van der Waals surface area (Å²) in [6.07, 6.45) is 0.435. The summed E-state index contributed by atoms with van der Waals surface area (Å²) in [5.74, 6) is -0.0302. The maximum Gasteiger partial charge on any atom is 0.264 e. The van der Waals surface area contributed by atoms with Crippen LogP contribution in [0.5, 0.6) is 0 Å². The topological polar surface area (TPSA) is 60.9 Å². The number of carbonyl (C=O) groups is 2. The van der Waals surface area contributed by atoms with Gasteiger partial charge in [0.15, 0.2) is 0 Å². The summed E-state index contributed by atoms with van der Waals surface area (Å²) in [4.78, 5) is 28.0. The van der Waals surface area contributed by atoms with E-state index in [-0.39, 0.29) is 24.3 Å². The zero-order chi connectivity index (χ0) is 14.7. The van der Waals surface area contributed by atoms with E-state index >= 15 is 0 Å². The van der Waals surface area contributed by atoms with Gasteiger partial charge in [-0.3, -0.25) is 9.59 Å². The molecule has 1 N–H and O–H groups in total. The van der Waals surface area contributed by atoms with Crippen LogP contribution in [0.15, 0.2) is 17.5 Å². The second kappa shape index (κ2) is 6.37. The number of nitrogens with zero attached hydrogens (tertiary/aromatic N) is 2. The van der Waals surface area contributed by atoms with Crippen molar-refractivity contribution in [1.29, 1.82) is 0 Å². The zero-order valence-corrected chi connectivity index (χ0v) is 12.6. The van der Waals surface area contributed by atoms with Gasteiger partial charge >= 0.3 is 0 Å². The first-order chi connectivity index (χ1) is 9.49. The Labute approximate surface area is 122 Å². The molecule has 6 heteroatoms. The van der Waals surface area contributed by atoms with E-state index in [0.717, 1.165) is 6.42 Å². The average molecular weight is 296 g/mol. The molecule has 2 amide bonds. The number of aliphatic hydroxyl groups excluding tert-OH is 1. The predicted molar refractivity (Wildman–Crippen MR) is 77.6 cm³/mol. The van der Waals surface area contributed by atoms with Crippen molar-refractivity contribution in [3.05, 3.63) is 22.4 Å². The van der Waals surface area contributed by atoms with E-state index in [1.807, 2.05) is 11.4 Å². The zero-order valence-electron chi connectivity index (χ0n) is 11.8. The molecular weight excluding hydrogens is 276 g/mol. The van der Waals surface area contributed by atoms with Crippen LogP contribution in [0.3, 0.4) is 0 Å². The molecule has 110 valence electrons. The predicted octanol–water partition coefficient (Wildman–Crippen LogP) is 1.05. The normalized spacial score (nSPS) is 19.9. The number of thiophene rings is 1. The van der Waals surface area contributed by atoms with Gasteiger partial charge in [0.1, 0.15) is 0 Å². The summed E-state index contributed by atoms with van der Waals surface area (Å²) in [5.41, 5.74) is 0. The smallest absolute Gasteiger partial charge is 0.264 e. The van der Waals surface area contributed by atoms with Gasteiger partial charge in [-0.25, -0.2) is 0 Å². The van der Waals surface area contributed by atoms with Crippen LogP contribution in [0, 0.1) is 5.92 Å². The molecule has 0 aromatic carbocycles. The first kappa shape index (κ1) is 15.0. The Morgan fingerprint density at radius 1 is 1.60 bits per heavy atom. The number of hydrogen-bond donors (Lipinski definition) is 1. The van der Waals surface area contributed by atoms with Gasteiger partial charge in [-0.1, -0.05) is 6.07 Å². The molecule has 2 heterocycles. The van der Waals surface area contributed by atoms with Crippen molar-refractivity contribution >= 4 is 23.2 Å². The molecule has 0 radical (unpaired) electrons. The standard InChI is InChI=1S/C14H20N2O3S/c1-10(17)11-5-6-16(8-11)13(18)9-15(2)14(19)12-4-3-7-20-12/h3-4,7,10-11,17H,5-6,8-9H2,1-2H3. The summed E-state index contributed by atoms with van der Waals surface area (Å²) in [6.45, 7) is 3.08. The van der Waals surface area contributed by atoms with E-state index in [4.69, 9.17) is 0 Å². The van der Waals surface area contributed by atoms with Crippen molar-refractivity contribution in [1.82, 2.24) is 9.80 Å². The number of likely N-dealkylation sites (N-methyl/N-ethyl adjacent to an activating group) is 1. The van der Waals surface area contributed by atoms with Gasteiger partial charge in [-0.05, 0) is 24.8 Å². The maximum absolute atomic E-state index is 12.2. The Hall–Kier alpha value is -1.40. The monoisotopic (exact) mass is 296 g/mol. The number of carbonyl (C=O) groups excluding carboxylic acids is 2. The lowest BCUT2D eigenvalue weighted by Gasteiger charge is -2.22. The summed E-state index contributed by atoms with van der Waals surface area (Å²) >= 11 is 1.37. The molecule has 1 saturated heterocycles. The fourth-order valence-corrected chi connectivity index (χ4v) is 3.09. The first-order valence-electron chi connectivity index (χ1n) is 6.74. The minimum Gasteiger partial charge on any atom is -0.393 e. The van der Waals surface area contributed by atoms with Crippen LogP contribution in [0.2, 0.25) is 0 Å². The van der Waals surface area contributed by atoms with Crippen LogP contribution < -0.4 is 0 Å². The van der Waals surface area contributed by atoms with Crippen LogP contribution in [0.25, 0.3) is 0 Å². The van der Waals surface area contributed by atoms with Gasteiger partial charge in [0.25, 0.3) is 5.91 Å². The highest BCUT2D eigenvalue weighted by molar-refractivity contribution is 7.12. The summed E-state index contributed by atoms with van der Waals surface area (Å²) in [7, 11) is 1.64. The van der Waals surface area contributed by atoms with E-state index < -0.39 is 6.10 Å². The molecule has 1 aromatic rings. The molecular formula is C14H20N2O3S. The minimum atomic E-state index is -0.390. The van der Waals surface area contributed by atoms with E-state index in [9.17, 15) is 14.7 Å². The van der Waals surface area contributed by atoms with E-state index in [1.165, 1.54) is 16.2 Å². The average Bonchev–Trinajstić information content (AvgIpc) is 3.08. The third-order valence-electron chi connectivity index (χ3n) is 3.71. The molecule has 0 bridgehead atoms. The Morgan fingerprint density at radius 3 is 2.90 bits per heavy atom. The van der Waals surface area contributed by atoms with Crippen molar-refractivity contribution < 1.29 is 14.7 Å². The molecule has 20 heavy (non-hydrogen) atoms. The number of aliphatic hydroxyl groups is 1. The maximum atomic E-state index is 12.2. The molecule has 1 aromatic heterocycles. The number of likely N-dealkylation sites (tertiary alicyclic amines) is 1. The summed E-state index contributed by atoms with van der Waals surface area (Å²) in [6, 6.07) is 3.58. The number of hydrogen-bond acceptors (Lipinski definition) is 4. The SMILES string of the molecule is CC(O)C1CCN(C(=O)CN(C)C(=O)c2cccs2)C1. The fraction of sp³-hybridized carbons (Fsp3) is 0.571. The Balaban J connectivity index is 1.87. The van der Waals surface area contributed by atoms with Gasteiger partial charge in [0.2, 0.25) is 5.91 Å². The minimum absolute atomic E-state index is 0.0550. The highest BCUT2D eigenvalue weighted by Crippen LogP contribution is 2.20. The molecule has 2 atom stereocenters. The third-order valence-corrected chi connectivity index (χ3v) is 4.57. The van der Waals surface area contributed by atoms with E-state index in [0.29, 0.717) is 18.0 Å². The Kier molecular flexibility index (Phi) is 4.77. The van der Waals surface area contributed by atoms with Crippen LogP contribution in [0.1, 0.15) is 23.0 Å². The van der Waals surface area contributed by atoms with Crippen LogP contribution in [-0.2, 0) is 4.79 Å². The molecule has 2 rings (SSSR count). The van der Waals surface area contributed by atoms with Crippen LogP contribution in [-0.4, -0.2) is 59.5 Å². The fourth-order valence-electron chi connectivity index (χ4n) is 2.37. The summed E-state index contributed by atoms with van der Waals surface area (Å²) < 4.78 is 0. The highest BCUT2D eigenvalue weighted by atomic mass is 32.1. The van der Waals surface area contributed by atoms with Gasteiger partial charge in [-0.15, -0.1) is 11.3 Å². The van der Waals surface area contributed by atoms with E-state index in [1.54, 1.807) is 24.9 Å². The molecule has 0 spiro atoms. The lowest BCUT2D eigenvalue weighted by Crippen LogP contribution is -2.40. The molecule has 0 aliphatic carbocycles. The molecule has 1 aliphatic heterocycles. The van der Waals surface area contributed by atoms with Gasteiger partial charge in [0, 0.05) is 26.1 Å². The van der Waals surface area contributed by atoms with Gasteiger partial charge in [0.05, 0.1) is 17.5 Å². The molecule has 5 nitrogen and oxygen atoms in total. The lowest BCUT2D eigenvalue weighted by atomic mass is 10.0. The molecule has 2 unspecified atom stereocenters. The van der Waals surface area contributed by atoms with E-state index in [2.05, 4.69) is 0 Å². The number of rotatable bonds is 4. The van der Waals surface area contributed by atoms with Crippen molar-refractivity contribution in [2.75, 3.05) is 26.7 Å². The van der Waals surface area contributed by atoms with Crippen molar-refractivity contribution in [3.8, 4) is 0 Å². The number of amides is 2. The lowest BCUT2D eigenvalue weighted by molar-refractivity contribution is -0.130. The van der Waals surface area contributed by atoms with Crippen molar-refractivity contribution in [2.24, 2.45) is 5.92 Å². The Morgan fingerprint density at radius 2 is 2.35 bits per heavy atom.